The van der Waals surface area contributed by atoms with Crippen LogP contribution in [0.2, 0.25) is 0 Å². The molecule has 1 fully saturated rings. The molecule has 4 rings (SSSR count). The summed E-state index contributed by atoms with van der Waals surface area (Å²) in [6.07, 6.45) is 2.55. The van der Waals surface area contributed by atoms with Gasteiger partial charge in [0.2, 0.25) is 15.9 Å². The highest BCUT2D eigenvalue weighted by molar-refractivity contribution is 7.89. The van der Waals surface area contributed by atoms with Crippen molar-refractivity contribution in [3.05, 3.63) is 40.3 Å². The number of amides is 1. The summed E-state index contributed by atoms with van der Waals surface area (Å²) in [4.78, 5) is 28.5. The summed E-state index contributed by atoms with van der Waals surface area (Å²) >= 11 is 1.26. The second kappa shape index (κ2) is 7.97. The van der Waals surface area contributed by atoms with Crippen LogP contribution in [0.3, 0.4) is 0 Å². The number of piperidine rings is 1. The maximum atomic E-state index is 13.1. The van der Waals surface area contributed by atoms with Gasteiger partial charge < -0.3 is 9.73 Å². The van der Waals surface area contributed by atoms with E-state index in [1.165, 1.54) is 38.4 Å². The van der Waals surface area contributed by atoms with Crippen LogP contribution in [0.4, 0.5) is 5.13 Å². The van der Waals surface area contributed by atoms with E-state index < -0.39 is 21.7 Å². The predicted octanol–water partition coefficient (Wildman–Crippen LogP) is 2.36. The van der Waals surface area contributed by atoms with Gasteiger partial charge in [-0.3, -0.25) is 9.36 Å². The number of thiazole rings is 1. The van der Waals surface area contributed by atoms with E-state index in [2.05, 4.69) is 10.3 Å². The number of sulfonamides is 1. The molecule has 1 N–H and O–H groups in total. The quantitative estimate of drug-likeness (QED) is 0.638. The van der Waals surface area contributed by atoms with Gasteiger partial charge in [0.25, 0.3) is 0 Å². The first kappa shape index (κ1) is 20.8. The lowest BCUT2D eigenvalue weighted by Gasteiger charge is -2.34. The molecule has 0 radical (unpaired) electrons. The number of hydrogen-bond acceptors (Lipinski definition) is 7. The topological polar surface area (TPSA) is 115 Å². The standard InChI is InChI=1S/C19H22N4O5S2/c1-12-7-13(2)10-22(9-12)30(26,27)14-3-4-15-16(8-14)28-19(25)23(15)11-17(24)21-18-20-5-6-29-18/h3-6,8,12-13H,7,9-11H2,1-2H3,(H,20,21,24)/t12-,13-/m0/s1. The Bertz CT molecular complexity index is 1220. The fourth-order valence-corrected chi connectivity index (χ4v) is 6.14. The fourth-order valence-electron chi connectivity index (χ4n) is 3.90. The number of carbonyl (C=O) groups excluding carboxylic acids is 1. The highest BCUT2D eigenvalue weighted by Crippen LogP contribution is 2.28. The predicted molar refractivity (Wildman–Crippen MR) is 113 cm³/mol. The van der Waals surface area contributed by atoms with Crippen molar-refractivity contribution < 1.29 is 17.6 Å². The van der Waals surface area contributed by atoms with Gasteiger partial charge in [-0.05, 0) is 30.4 Å². The zero-order valence-electron chi connectivity index (χ0n) is 16.6. The average molecular weight is 451 g/mol. The molecule has 1 aliphatic rings. The number of anilines is 1. The minimum Gasteiger partial charge on any atom is -0.408 e. The third kappa shape index (κ3) is 4.05. The lowest BCUT2D eigenvalue weighted by atomic mass is 9.94. The third-order valence-corrected chi connectivity index (χ3v) is 7.61. The largest absolute Gasteiger partial charge is 0.420 e. The molecule has 0 aliphatic carbocycles. The Labute approximate surface area is 177 Å². The second-order valence-electron chi connectivity index (χ2n) is 7.74. The van der Waals surface area contributed by atoms with Crippen LogP contribution in [-0.4, -0.2) is 41.3 Å². The van der Waals surface area contributed by atoms with Crippen LogP contribution in [0.25, 0.3) is 11.1 Å². The van der Waals surface area contributed by atoms with Crippen molar-refractivity contribution >= 4 is 43.5 Å². The van der Waals surface area contributed by atoms with Crippen molar-refractivity contribution in [1.82, 2.24) is 13.9 Å². The summed E-state index contributed by atoms with van der Waals surface area (Å²) in [6.45, 7) is 4.74. The minimum absolute atomic E-state index is 0.0736. The van der Waals surface area contributed by atoms with Gasteiger partial charge in [-0.2, -0.15) is 4.31 Å². The number of rotatable bonds is 5. The Morgan fingerprint density at radius 3 is 2.70 bits per heavy atom. The van der Waals surface area contributed by atoms with Crippen molar-refractivity contribution in [2.75, 3.05) is 18.4 Å². The first-order valence-electron chi connectivity index (χ1n) is 9.57. The van der Waals surface area contributed by atoms with Crippen LogP contribution in [0.15, 0.2) is 43.9 Å². The number of nitrogens with one attached hydrogen (secondary N) is 1. The zero-order valence-corrected chi connectivity index (χ0v) is 18.2. The molecule has 1 saturated heterocycles. The molecule has 2 atom stereocenters. The van der Waals surface area contributed by atoms with E-state index in [9.17, 15) is 18.0 Å². The SMILES string of the molecule is C[C@H]1C[C@H](C)CN(S(=O)(=O)c2ccc3c(c2)oc(=O)n3CC(=O)Nc2nccs2)C1. The first-order valence-corrected chi connectivity index (χ1v) is 11.9. The molecule has 1 amide bonds. The Morgan fingerprint density at radius 1 is 1.30 bits per heavy atom. The molecule has 11 heteroatoms. The average Bonchev–Trinajstić information content (AvgIpc) is 3.28. The summed E-state index contributed by atoms with van der Waals surface area (Å²) in [6, 6.07) is 4.30. The maximum absolute atomic E-state index is 13.1. The molecule has 0 spiro atoms. The third-order valence-electron chi connectivity index (χ3n) is 5.09. The van der Waals surface area contributed by atoms with Crippen LogP contribution in [0, 0.1) is 11.8 Å². The van der Waals surface area contributed by atoms with Gasteiger partial charge in [0.1, 0.15) is 6.54 Å². The maximum Gasteiger partial charge on any atom is 0.420 e. The zero-order chi connectivity index (χ0) is 21.5. The number of carbonyl (C=O) groups is 1. The first-order chi connectivity index (χ1) is 14.2. The molecule has 2 aromatic heterocycles. The van der Waals surface area contributed by atoms with E-state index in [0.717, 1.165) is 6.42 Å². The molecular formula is C19H22N4O5S2. The number of benzene rings is 1. The van der Waals surface area contributed by atoms with E-state index in [4.69, 9.17) is 4.42 Å². The van der Waals surface area contributed by atoms with Crippen LogP contribution in [0.1, 0.15) is 20.3 Å². The number of fused-ring (bicyclic) bond motifs is 1. The summed E-state index contributed by atoms with van der Waals surface area (Å²) < 4.78 is 34.1. The Kier molecular flexibility index (Phi) is 5.51. The van der Waals surface area contributed by atoms with Crippen molar-refractivity contribution in [2.24, 2.45) is 11.8 Å². The van der Waals surface area contributed by atoms with Crippen molar-refractivity contribution in [2.45, 2.75) is 31.7 Å². The van der Waals surface area contributed by atoms with Gasteiger partial charge in [0, 0.05) is 30.7 Å². The van der Waals surface area contributed by atoms with E-state index in [1.807, 2.05) is 13.8 Å². The van der Waals surface area contributed by atoms with Gasteiger partial charge in [0.05, 0.1) is 10.4 Å². The molecule has 0 saturated carbocycles. The van der Waals surface area contributed by atoms with E-state index in [0.29, 0.717) is 23.7 Å². The minimum atomic E-state index is -3.70. The van der Waals surface area contributed by atoms with E-state index >= 15 is 0 Å². The van der Waals surface area contributed by atoms with Gasteiger partial charge in [-0.25, -0.2) is 18.2 Å². The second-order valence-corrected chi connectivity index (χ2v) is 10.6. The highest BCUT2D eigenvalue weighted by atomic mass is 32.2. The molecule has 0 unspecified atom stereocenters. The van der Waals surface area contributed by atoms with Gasteiger partial charge >= 0.3 is 5.76 Å². The lowest BCUT2D eigenvalue weighted by molar-refractivity contribution is -0.116. The molecule has 3 aromatic rings. The Morgan fingerprint density at radius 2 is 2.03 bits per heavy atom. The molecule has 3 heterocycles. The smallest absolute Gasteiger partial charge is 0.408 e. The summed E-state index contributed by atoms with van der Waals surface area (Å²) in [7, 11) is -3.70. The van der Waals surface area contributed by atoms with Gasteiger partial charge in [-0.15, -0.1) is 11.3 Å². The van der Waals surface area contributed by atoms with Gasteiger partial charge in [-0.1, -0.05) is 13.8 Å². The molecule has 0 bridgehead atoms. The number of oxazole rings is 1. The normalized spacial score (nSPS) is 20.5. The molecule has 1 aromatic carbocycles. The van der Waals surface area contributed by atoms with Crippen LogP contribution in [-0.2, 0) is 21.4 Å². The van der Waals surface area contributed by atoms with Gasteiger partial charge in [0.15, 0.2) is 10.7 Å². The summed E-state index contributed by atoms with van der Waals surface area (Å²) in [5, 5.41) is 4.76. The van der Waals surface area contributed by atoms with Crippen molar-refractivity contribution in [3.63, 3.8) is 0 Å². The molecule has 160 valence electrons. The number of aromatic nitrogens is 2. The summed E-state index contributed by atoms with van der Waals surface area (Å²) in [5.41, 5.74) is 0.481. The Balaban J connectivity index is 1.61. The monoisotopic (exact) mass is 450 g/mol. The number of nitrogens with zero attached hydrogens (tertiary/aromatic N) is 3. The molecule has 30 heavy (non-hydrogen) atoms. The van der Waals surface area contributed by atoms with Crippen LogP contribution in [0.5, 0.6) is 0 Å². The fraction of sp³-hybridized carbons (Fsp3) is 0.421. The van der Waals surface area contributed by atoms with Crippen molar-refractivity contribution in [1.29, 1.82) is 0 Å². The van der Waals surface area contributed by atoms with Crippen LogP contribution < -0.4 is 11.1 Å². The molecular weight excluding hydrogens is 428 g/mol. The Hall–Kier alpha value is -2.50. The number of hydrogen-bond donors (Lipinski definition) is 1. The van der Waals surface area contributed by atoms with E-state index in [-0.39, 0.29) is 28.9 Å². The molecule has 9 nitrogen and oxygen atoms in total. The molecule has 1 aliphatic heterocycles. The van der Waals surface area contributed by atoms with Crippen LogP contribution >= 0.6 is 11.3 Å². The van der Waals surface area contributed by atoms with Crippen molar-refractivity contribution in [3.8, 4) is 0 Å². The lowest BCUT2D eigenvalue weighted by Crippen LogP contribution is -2.42. The summed E-state index contributed by atoms with van der Waals surface area (Å²) in [5.74, 6) is -0.595. The highest BCUT2D eigenvalue weighted by Gasteiger charge is 2.32. The van der Waals surface area contributed by atoms with E-state index in [1.54, 1.807) is 11.6 Å².